The van der Waals surface area contributed by atoms with Crippen LogP contribution in [0.2, 0.25) is 0 Å². The first kappa shape index (κ1) is 11.7. The van der Waals surface area contributed by atoms with Crippen LogP contribution in [0.3, 0.4) is 0 Å². The number of hydrogen-bond acceptors (Lipinski definition) is 1. The second kappa shape index (κ2) is 5.02. The minimum Gasteiger partial charge on any atom is -0.349 e. The summed E-state index contributed by atoms with van der Waals surface area (Å²) < 4.78 is 1.12. The Balaban J connectivity index is 2.26. The van der Waals surface area contributed by atoms with Gasteiger partial charge in [-0.1, -0.05) is 25.1 Å². The molecular formula is C13H17BrN2. The summed E-state index contributed by atoms with van der Waals surface area (Å²) in [6.07, 6.45) is 1.08. The highest BCUT2D eigenvalue weighted by Gasteiger charge is 2.09. The highest BCUT2D eigenvalue weighted by molar-refractivity contribution is 9.10. The van der Waals surface area contributed by atoms with Crippen LogP contribution in [0.15, 0.2) is 28.9 Å². The summed E-state index contributed by atoms with van der Waals surface area (Å²) >= 11 is 3.61. The lowest BCUT2D eigenvalue weighted by atomic mass is 10.1. The largest absolute Gasteiger partial charge is 0.349 e. The maximum atomic E-state index is 3.61. The van der Waals surface area contributed by atoms with E-state index in [1.807, 2.05) is 0 Å². The first-order valence-corrected chi connectivity index (χ1v) is 6.45. The zero-order valence-corrected chi connectivity index (χ0v) is 11.3. The number of nitrogens with one attached hydrogen (secondary N) is 1. The van der Waals surface area contributed by atoms with Crippen molar-refractivity contribution in [2.45, 2.75) is 13.3 Å². The van der Waals surface area contributed by atoms with E-state index in [9.17, 15) is 0 Å². The molecule has 0 spiro atoms. The van der Waals surface area contributed by atoms with Crippen molar-refractivity contribution in [2.24, 2.45) is 0 Å². The molecule has 0 radical (unpaired) electrons. The fourth-order valence-corrected chi connectivity index (χ4v) is 2.50. The third-order valence-electron chi connectivity index (χ3n) is 3.04. The SMILES string of the molecule is CCN(C)CCc1c(Br)[nH]c2ccccc12. The summed E-state index contributed by atoms with van der Waals surface area (Å²) in [4.78, 5) is 5.69. The monoisotopic (exact) mass is 280 g/mol. The third-order valence-corrected chi connectivity index (χ3v) is 3.72. The molecule has 0 saturated carbocycles. The first-order chi connectivity index (χ1) is 7.72. The van der Waals surface area contributed by atoms with E-state index < -0.39 is 0 Å². The Morgan fingerprint density at radius 2 is 2.06 bits per heavy atom. The van der Waals surface area contributed by atoms with Gasteiger partial charge in [0.2, 0.25) is 0 Å². The fourth-order valence-electron chi connectivity index (χ4n) is 1.87. The van der Waals surface area contributed by atoms with E-state index >= 15 is 0 Å². The van der Waals surface area contributed by atoms with Crippen LogP contribution in [0.4, 0.5) is 0 Å². The molecule has 1 aromatic heterocycles. The maximum Gasteiger partial charge on any atom is 0.0863 e. The minimum atomic E-state index is 1.08. The van der Waals surface area contributed by atoms with Gasteiger partial charge in [0.15, 0.2) is 0 Å². The highest BCUT2D eigenvalue weighted by atomic mass is 79.9. The van der Waals surface area contributed by atoms with Crippen molar-refractivity contribution in [3.8, 4) is 0 Å². The molecule has 0 fully saturated rings. The van der Waals surface area contributed by atoms with Gasteiger partial charge in [0.1, 0.15) is 0 Å². The van der Waals surface area contributed by atoms with Gasteiger partial charge in [0.05, 0.1) is 4.60 Å². The number of aromatic amines is 1. The predicted octanol–water partition coefficient (Wildman–Crippen LogP) is 3.42. The van der Waals surface area contributed by atoms with Gasteiger partial charge in [-0.05, 0) is 47.6 Å². The van der Waals surface area contributed by atoms with Gasteiger partial charge in [-0.15, -0.1) is 0 Å². The van der Waals surface area contributed by atoms with Gasteiger partial charge < -0.3 is 9.88 Å². The highest BCUT2D eigenvalue weighted by Crippen LogP contribution is 2.26. The molecule has 2 nitrogen and oxygen atoms in total. The number of nitrogens with zero attached hydrogens (tertiary/aromatic N) is 1. The molecule has 3 heteroatoms. The lowest BCUT2D eigenvalue weighted by molar-refractivity contribution is 0.358. The van der Waals surface area contributed by atoms with Gasteiger partial charge in [0, 0.05) is 17.4 Å². The lowest BCUT2D eigenvalue weighted by Crippen LogP contribution is -2.20. The first-order valence-electron chi connectivity index (χ1n) is 5.66. The lowest BCUT2D eigenvalue weighted by Gasteiger charge is -2.13. The summed E-state index contributed by atoms with van der Waals surface area (Å²) in [5, 5.41) is 1.33. The predicted molar refractivity (Wildman–Crippen MR) is 72.9 cm³/mol. The topological polar surface area (TPSA) is 19.0 Å². The van der Waals surface area contributed by atoms with Crippen molar-refractivity contribution in [2.75, 3.05) is 20.1 Å². The van der Waals surface area contributed by atoms with Gasteiger partial charge in [-0.3, -0.25) is 0 Å². The minimum absolute atomic E-state index is 1.08. The van der Waals surface area contributed by atoms with Crippen molar-refractivity contribution < 1.29 is 0 Å². The van der Waals surface area contributed by atoms with Gasteiger partial charge in [0.25, 0.3) is 0 Å². The quantitative estimate of drug-likeness (QED) is 0.909. The van der Waals surface area contributed by atoms with Crippen LogP contribution in [0, 0.1) is 0 Å². The van der Waals surface area contributed by atoms with Crippen molar-refractivity contribution in [1.82, 2.24) is 9.88 Å². The van der Waals surface area contributed by atoms with Crippen molar-refractivity contribution in [3.05, 3.63) is 34.4 Å². The molecule has 0 bridgehead atoms. The fraction of sp³-hybridized carbons (Fsp3) is 0.385. The molecule has 0 amide bonds. The van der Waals surface area contributed by atoms with E-state index in [0.29, 0.717) is 0 Å². The Morgan fingerprint density at radius 1 is 1.31 bits per heavy atom. The second-order valence-corrected chi connectivity index (χ2v) is 4.90. The molecule has 1 N–H and O–H groups in total. The molecule has 0 aliphatic heterocycles. The molecule has 0 aliphatic rings. The standard InChI is InChI=1S/C13H17BrN2/c1-3-16(2)9-8-11-10-6-4-5-7-12(10)15-13(11)14/h4-7,15H,3,8-9H2,1-2H3. The van der Waals surface area contributed by atoms with Crippen molar-refractivity contribution in [1.29, 1.82) is 0 Å². The molecule has 0 aliphatic carbocycles. The Bertz CT molecular complexity index is 476. The number of benzene rings is 1. The number of H-pyrrole nitrogens is 1. The average molecular weight is 281 g/mol. The van der Waals surface area contributed by atoms with Crippen LogP contribution >= 0.6 is 15.9 Å². The second-order valence-electron chi connectivity index (χ2n) is 4.11. The molecule has 1 aromatic carbocycles. The van der Waals surface area contributed by atoms with Crippen LogP contribution in [-0.2, 0) is 6.42 Å². The molecule has 1 heterocycles. The van der Waals surface area contributed by atoms with Crippen LogP contribution < -0.4 is 0 Å². The van der Waals surface area contributed by atoms with Crippen molar-refractivity contribution in [3.63, 3.8) is 0 Å². The molecule has 2 aromatic rings. The molecule has 0 saturated heterocycles. The van der Waals surface area contributed by atoms with Gasteiger partial charge >= 0.3 is 0 Å². The van der Waals surface area contributed by atoms with Crippen LogP contribution in [-0.4, -0.2) is 30.0 Å². The number of hydrogen-bond donors (Lipinski definition) is 1. The van der Waals surface area contributed by atoms with E-state index in [1.165, 1.54) is 16.5 Å². The zero-order valence-electron chi connectivity index (χ0n) is 9.76. The van der Waals surface area contributed by atoms with Gasteiger partial charge in [-0.25, -0.2) is 0 Å². The number of para-hydroxylation sites is 1. The van der Waals surface area contributed by atoms with E-state index in [1.54, 1.807) is 0 Å². The number of likely N-dealkylation sites (N-methyl/N-ethyl adjacent to an activating group) is 1. The van der Waals surface area contributed by atoms with E-state index in [-0.39, 0.29) is 0 Å². The van der Waals surface area contributed by atoms with E-state index in [4.69, 9.17) is 0 Å². The number of aromatic nitrogens is 1. The molecule has 16 heavy (non-hydrogen) atoms. The Labute approximate surface area is 105 Å². The van der Waals surface area contributed by atoms with Crippen molar-refractivity contribution >= 4 is 26.8 Å². The number of rotatable bonds is 4. The summed E-state index contributed by atoms with van der Waals surface area (Å²) in [5.41, 5.74) is 2.60. The summed E-state index contributed by atoms with van der Waals surface area (Å²) in [6, 6.07) is 8.45. The van der Waals surface area contributed by atoms with Crippen LogP contribution in [0.5, 0.6) is 0 Å². The molecule has 86 valence electrons. The van der Waals surface area contributed by atoms with Gasteiger partial charge in [-0.2, -0.15) is 0 Å². The maximum absolute atomic E-state index is 3.61. The summed E-state index contributed by atoms with van der Waals surface area (Å²) in [6.45, 7) is 4.38. The Kier molecular flexibility index (Phi) is 3.66. The molecule has 0 atom stereocenters. The Morgan fingerprint density at radius 3 is 2.81 bits per heavy atom. The molecule has 0 unspecified atom stereocenters. The summed E-state index contributed by atoms with van der Waals surface area (Å²) in [7, 11) is 2.16. The smallest absolute Gasteiger partial charge is 0.0863 e. The number of fused-ring (bicyclic) bond motifs is 1. The molecular weight excluding hydrogens is 264 g/mol. The van der Waals surface area contributed by atoms with Crippen LogP contribution in [0.1, 0.15) is 12.5 Å². The zero-order chi connectivity index (χ0) is 11.5. The Hall–Kier alpha value is -0.800. The van der Waals surface area contributed by atoms with E-state index in [2.05, 4.69) is 64.1 Å². The molecule has 2 rings (SSSR count). The van der Waals surface area contributed by atoms with Crippen LogP contribution in [0.25, 0.3) is 10.9 Å². The number of halogens is 1. The summed E-state index contributed by atoms with van der Waals surface area (Å²) in [5.74, 6) is 0. The normalized spacial score (nSPS) is 11.5. The van der Waals surface area contributed by atoms with E-state index in [0.717, 1.165) is 24.1 Å². The average Bonchev–Trinajstić information content (AvgIpc) is 2.62. The third kappa shape index (κ3) is 2.30.